The molecule has 15 heavy (non-hydrogen) atoms. The van der Waals surface area contributed by atoms with Crippen LogP contribution in [-0.2, 0) is 4.74 Å². The average Bonchev–Trinajstić information content (AvgIpc) is 2.63. The first-order valence-electron chi connectivity index (χ1n) is 5.26. The first kappa shape index (κ1) is 12.6. The third-order valence-corrected chi connectivity index (χ3v) is 2.87. The van der Waals surface area contributed by atoms with Gasteiger partial charge in [-0.2, -0.15) is 0 Å². The van der Waals surface area contributed by atoms with Crippen LogP contribution in [0.15, 0.2) is 11.6 Å². The maximum absolute atomic E-state index is 5.62. The molecule has 1 rings (SSSR count). The van der Waals surface area contributed by atoms with E-state index < -0.39 is 0 Å². The van der Waals surface area contributed by atoms with Crippen molar-refractivity contribution in [2.45, 2.75) is 39.3 Å². The maximum Gasteiger partial charge on any atom is 0.109 e. The highest BCUT2D eigenvalue weighted by atomic mass is 32.1. The Morgan fingerprint density at radius 3 is 2.80 bits per heavy atom. The molecule has 1 unspecified atom stereocenters. The van der Waals surface area contributed by atoms with Crippen LogP contribution in [0, 0.1) is 0 Å². The molecule has 86 valence electrons. The van der Waals surface area contributed by atoms with Gasteiger partial charge in [0.1, 0.15) is 5.01 Å². The SMILES string of the molecule is CC(NCCOC(C)(C)C)c1nccs1. The fraction of sp³-hybridized carbons (Fsp3) is 0.727. The second-order valence-corrected chi connectivity index (χ2v) is 5.43. The Kier molecular flexibility index (Phi) is 4.70. The van der Waals surface area contributed by atoms with E-state index in [1.807, 2.05) is 11.6 Å². The largest absolute Gasteiger partial charge is 0.375 e. The van der Waals surface area contributed by atoms with Crippen molar-refractivity contribution in [3.63, 3.8) is 0 Å². The van der Waals surface area contributed by atoms with Crippen molar-refractivity contribution >= 4 is 11.3 Å². The number of ether oxygens (including phenoxy) is 1. The van der Waals surface area contributed by atoms with Crippen LogP contribution in [0.5, 0.6) is 0 Å². The van der Waals surface area contributed by atoms with Gasteiger partial charge in [0.2, 0.25) is 0 Å². The van der Waals surface area contributed by atoms with Crippen LogP contribution < -0.4 is 5.32 Å². The van der Waals surface area contributed by atoms with Gasteiger partial charge < -0.3 is 10.1 Å². The maximum atomic E-state index is 5.62. The van der Waals surface area contributed by atoms with Gasteiger partial charge in [0.05, 0.1) is 18.2 Å². The van der Waals surface area contributed by atoms with E-state index in [4.69, 9.17) is 4.74 Å². The van der Waals surface area contributed by atoms with Crippen molar-refractivity contribution in [1.82, 2.24) is 10.3 Å². The lowest BCUT2D eigenvalue weighted by molar-refractivity contribution is -0.00149. The minimum atomic E-state index is -0.0495. The normalized spacial score (nSPS) is 14.1. The number of hydrogen-bond donors (Lipinski definition) is 1. The first-order chi connectivity index (χ1) is 6.99. The second kappa shape index (κ2) is 5.58. The van der Waals surface area contributed by atoms with E-state index >= 15 is 0 Å². The van der Waals surface area contributed by atoms with Gasteiger partial charge in [-0.1, -0.05) is 0 Å². The average molecular weight is 228 g/mol. The summed E-state index contributed by atoms with van der Waals surface area (Å²) >= 11 is 1.68. The molecule has 0 bridgehead atoms. The third kappa shape index (κ3) is 5.25. The van der Waals surface area contributed by atoms with Crippen LogP contribution in [0.4, 0.5) is 0 Å². The van der Waals surface area contributed by atoms with E-state index in [0.717, 1.165) is 18.2 Å². The Balaban J connectivity index is 2.16. The smallest absolute Gasteiger partial charge is 0.109 e. The van der Waals surface area contributed by atoms with Gasteiger partial charge >= 0.3 is 0 Å². The lowest BCUT2D eigenvalue weighted by atomic mass is 10.2. The molecule has 0 aliphatic carbocycles. The van der Waals surface area contributed by atoms with E-state index in [-0.39, 0.29) is 5.60 Å². The number of nitrogens with one attached hydrogen (secondary N) is 1. The summed E-state index contributed by atoms with van der Waals surface area (Å²) in [6.07, 6.45) is 1.84. The van der Waals surface area contributed by atoms with E-state index in [1.54, 1.807) is 11.3 Å². The van der Waals surface area contributed by atoms with Crippen LogP contribution in [0.2, 0.25) is 0 Å². The summed E-state index contributed by atoms with van der Waals surface area (Å²) in [7, 11) is 0. The number of hydrogen-bond acceptors (Lipinski definition) is 4. The fourth-order valence-corrected chi connectivity index (χ4v) is 1.84. The molecule has 0 fully saturated rings. The molecule has 0 radical (unpaired) electrons. The van der Waals surface area contributed by atoms with Crippen molar-refractivity contribution in [3.05, 3.63) is 16.6 Å². The highest BCUT2D eigenvalue weighted by molar-refractivity contribution is 7.09. The Morgan fingerprint density at radius 2 is 2.27 bits per heavy atom. The Bertz CT molecular complexity index is 267. The molecule has 0 saturated heterocycles. The van der Waals surface area contributed by atoms with Crippen molar-refractivity contribution in [1.29, 1.82) is 0 Å². The molecule has 1 aromatic rings. The minimum absolute atomic E-state index is 0.0495. The summed E-state index contributed by atoms with van der Waals surface area (Å²) in [4.78, 5) is 4.26. The van der Waals surface area contributed by atoms with Crippen LogP contribution in [-0.4, -0.2) is 23.7 Å². The Labute approximate surface area is 95.9 Å². The van der Waals surface area contributed by atoms with Gasteiger partial charge in [0.15, 0.2) is 0 Å². The molecule has 1 aromatic heterocycles. The molecule has 1 heterocycles. The third-order valence-electron chi connectivity index (χ3n) is 1.91. The molecule has 0 aromatic carbocycles. The van der Waals surface area contributed by atoms with Crippen LogP contribution in [0.1, 0.15) is 38.7 Å². The second-order valence-electron chi connectivity index (χ2n) is 4.51. The minimum Gasteiger partial charge on any atom is -0.375 e. The van der Waals surface area contributed by atoms with Gasteiger partial charge in [0.25, 0.3) is 0 Å². The topological polar surface area (TPSA) is 34.1 Å². The monoisotopic (exact) mass is 228 g/mol. The summed E-state index contributed by atoms with van der Waals surface area (Å²) < 4.78 is 5.62. The summed E-state index contributed by atoms with van der Waals surface area (Å²) in [5, 5.41) is 6.51. The van der Waals surface area contributed by atoms with Gasteiger partial charge in [-0.05, 0) is 27.7 Å². The molecule has 0 spiro atoms. The summed E-state index contributed by atoms with van der Waals surface area (Å²) in [5.74, 6) is 0. The van der Waals surface area contributed by atoms with Gasteiger partial charge in [0, 0.05) is 18.1 Å². The van der Waals surface area contributed by atoms with Crippen molar-refractivity contribution < 1.29 is 4.74 Å². The summed E-state index contributed by atoms with van der Waals surface area (Å²) in [6.45, 7) is 9.92. The highest BCUT2D eigenvalue weighted by Gasteiger charge is 2.10. The number of aromatic nitrogens is 1. The van der Waals surface area contributed by atoms with Crippen molar-refractivity contribution in [3.8, 4) is 0 Å². The zero-order valence-corrected chi connectivity index (χ0v) is 10.7. The standard InChI is InChI=1S/C11H20N2OS/c1-9(10-13-6-8-15-10)12-5-7-14-11(2,3)4/h6,8-9,12H,5,7H2,1-4H3. The molecule has 3 nitrogen and oxygen atoms in total. The van der Waals surface area contributed by atoms with Crippen LogP contribution in [0.25, 0.3) is 0 Å². The predicted molar refractivity (Wildman–Crippen MR) is 64.2 cm³/mol. The first-order valence-corrected chi connectivity index (χ1v) is 6.14. The molecule has 0 aliphatic heterocycles. The van der Waals surface area contributed by atoms with Crippen molar-refractivity contribution in [2.24, 2.45) is 0 Å². The Morgan fingerprint density at radius 1 is 1.53 bits per heavy atom. The number of nitrogens with zero attached hydrogens (tertiary/aromatic N) is 1. The lowest BCUT2D eigenvalue weighted by Gasteiger charge is -2.20. The Hall–Kier alpha value is -0.450. The molecule has 0 aliphatic rings. The molecular weight excluding hydrogens is 208 g/mol. The van der Waals surface area contributed by atoms with Gasteiger partial charge in [-0.3, -0.25) is 0 Å². The zero-order valence-electron chi connectivity index (χ0n) is 9.91. The van der Waals surface area contributed by atoms with Crippen LogP contribution in [0.3, 0.4) is 0 Å². The van der Waals surface area contributed by atoms with E-state index in [2.05, 4.69) is 38.0 Å². The molecule has 0 saturated carbocycles. The zero-order chi connectivity index (χ0) is 11.3. The lowest BCUT2D eigenvalue weighted by Crippen LogP contribution is -2.28. The van der Waals surface area contributed by atoms with Crippen LogP contribution >= 0.6 is 11.3 Å². The van der Waals surface area contributed by atoms with Gasteiger partial charge in [-0.15, -0.1) is 11.3 Å². The summed E-state index contributed by atoms with van der Waals surface area (Å²) in [5.41, 5.74) is -0.0495. The molecule has 0 amide bonds. The quantitative estimate of drug-likeness (QED) is 0.787. The van der Waals surface area contributed by atoms with Crippen molar-refractivity contribution in [2.75, 3.05) is 13.2 Å². The molecular formula is C11H20N2OS. The number of rotatable bonds is 5. The van der Waals surface area contributed by atoms with E-state index in [1.165, 1.54) is 0 Å². The van der Waals surface area contributed by atoms with E-state index in [0.29, 0.717) is 6.04 Å². The number of thiazole rings is 1. The van der Waals surface area contributed by atoms with E-state index in [9.17, 15) is 0 Å². The predicted octanol–water partition coefficient (Wildman–Crippen LogP) is 2.61. The molecule has 4 heteroatoms. The fourth-order valence-electron chi connectivity index (χ4n) is 1.17. The molecule has 1 N–H and O–H groups in total. The molecule has 1 atom stereocenters. The summed E-state index contributed by atoms with van der Waals surface area (Å²) in [6, 6.07) is 0.313. The van der Waals surface area contributed by atoms with Gasteiger partial charge in [-0.25, -0.2) is 4.98 Å². The highest BCUT2D eigenvalue weighted by Crippen LogP contribution is 2.14.